The van der Waals surface area contributed by atoms with Gasteiger partial charge in [-0.05, 0) is 50.7 Å². The smallest absolute Gasteiger partial charge is 0.141 e. The number of rotatable bonds is 5. The fourth-order valence-electron chi connectivity index (χ4n) is 4.77. The zero-order chi connectivity index (χ0) is 20.5. The van der Waals surface area contributed by atoms with Gasteiger partial charge in [0.1, 0.15) is 17.2 Å². The van der Waals surface area contributed by atoms with Crippen LogP contribution in [0.15, 0.2) is 42.7 Å². The summed E-state index contributed by atoms with van der Waals surface area (Å²) in [5, 5.41) is 0. The van der Waals surface area contributed by atoms with Crippen LogP contribution in [0.2, 0.25) is 0 Å². The van der Waals surface area contributed by atoms with Crippen molar-refractivity contribution in [2.75, 3.05) is 51.8 Å². The van der Waals surface area contributed by atoms with Crippen LogP contribution >= 0.6 is 0 Å². The minimum Gasteiger partial charge on any atom is -0.495 e. The van der Waals surface area contributed by atoms with Gasteiger partial charge in [0, 0.05) is 45.1 Å². The van der Waals surface area contributed by atoms with Gasteiger partial charge in [0.15, 0.2) is 0 Å². The Kier molecular flexibility index (Phi) is 5.31. The molecule has 5 heterocycles. The highest BCUT2D eigenvalue weighted by molar-refractivity contribution is 5.53. The van der Waals surface area contributed by atoms with E-state index in [1.807, 2.05) is 18.3 Å². The number of piperazine rings is 1. The molecule has 0 amide bonds. The molecule has 2 aliphatic rings. The van der Waals surface area contributed by atoms with Crippen LogP contribution < -0.4 is 9.64 Å². The molecule has 158 valence electrons. The van der Waals surface area contributed by atoms with E-state index in [0.29, 0.717) is 0 Å². The molecule has 5 rings (SSSR count). The molecule has 0 N–H and O–H groups in total. The molecule has 30 heavy (non-hydrogen) atoms. The van der Waals surface area contributed by atoms with Gasteiger partial charge in [0.05, 0.1) is 24.5 Å². The molecule has 1 atom stereocenters. The lowest BCUT2D eigenvalue weighted by molar-refractivity contribution is 0.236. The van der Waals surface area contributed by atoms with Gasteiger partial charge in [-0.3, -0.25) is 14.3 Å². The average molecular weight is 407 g/mol. The Morgan fingerprint density at radius 1 is 1.07 bits per heavy atom. The second kappa shape index (κ2) is 8.24. The third-order valence-electron chi connectivity index (χ3n) is 6.41. The molecule has 0 aromatic carbocycles. The summed E-state index contributed by atoms with van der Waals surface area (Å²) in [6.07, 6.45) is 6.35. The Labute approximate surface area is 177 Å². The number of hydrogen-bond acceptors (Lipinski definition) is 6. The first kappa shape index (κ1) is 19.3. The third kappa shape index (κ3) is 3.63. The molecule has 0 spiro atoms. The van der Waals surface area contributed by atoms with Crippen molar-refractivity contribution in [2.45, 2.75) is 25.4 Å². The maximum atomic E-state index is 5.58. The first-order valence-electron chi connectivity index (χ1n) is 10.9. The predicted octanol–water partition coefficient (Wildman–Crippen LogP) is 2.83. The summed E-state index contributed by atoms with van der Waals surface area (Å²) in [7, 11) is 3.91. The number of imidazole rings is 1. The fraction of sp³-hybridized carbons (Fsp3) is 0.478. The van der Waals surface area contributed by atoms with E-state index < -0.39 is 0 Å². The zero-order valence-electron chi connectivity index (χ0n) is 17.9. The molecular weight excluding hydrogens is 376 g/mol. The van der Waals surface area contributed by atoms with Crippen molar-refractivity contribution in [1.82, 2.24) is 24.2 Å². The number of hydrogen-bond donors (Lipinski definition) is 0. The van der Waals surface area contributed by atoms with Gasteiger partial charge in [0.2, 0.25) is 0 Å². The van der Waals surface area contributed by atoms with Crippen molar-refractivity contribution in [3.05, 3.63) is 54.1 Å². The minimum atomic E-state index is 0.281. The van der Waals surface area contributed by atoms with E-state index in [1.54, 1.807) is 7.11 Å². The number of nitrogens with zero attached hydrogens (tertiary/aromatic N) is 6. The first-order valence-corrected chi connectivity index (χ1v) is 10.9. The van der Waals surface area contributed by atoms with Crippen LogP contribution in [0.1, 0.15) is 30.3 Å². The van der Waals surface area contributed by atoms with E-state index in [9.17, 15) is 0 Å². The van der Waals surface area contributed by atoms with Crippen molar-refractivity contribution >= 4 is 11.5 Å². The van der Waals surface area contributed by atoms with Crippen LogP contribution in [0, 0.1) is 0 Å². The van der Waals surface area contributed by atoms with Gasteiger partial charge in [-0.25, -0.2) is 4.98 Å². The van der Waals surface area contributed by atoms with Gasteiger partial charge in [0.25, 0.3) is 0 Å². The molecule has 7 nitrogen and oxygen atoms in total. The second-order valence-electron chi connectivity index (χ2n) is 8.35. The van der Waals surface area contributed by atoms with Crippen LogP contribution in [-0.4, -0.2) is 71.0 Å². The molecule has 3 aromatic rings. The number of likely N-dealkylation sites (N-methyl/N-ethyl adjacent to an activating group) is 1. The summed E-state index contributed by atoms with van der Waals surface area (Å²) in [5.41, 5.74) is 3.17. The van der Waals surface area contributed by atoms with E-state index in [0.717, 1.165) is 68.5 Å². The van der Waals surface area contributed by atoms with E-state index in [2.05, 4.69) is 55.5 Å². The maximum absolute atomic E-state index is 5.58. The number of fused-ring (bicyclic) bond motifs is 1. The molecule has 1 unspecified atom stereocenters. The Balaban J connectivity index is 1.39. The quantitative estimate of drug-likeness (QED) is 0.649. The highest BCUT2D eigenvalue weighted by Gasteiger charge is 2.30. The van der Waals surface area contributed by atoms with E-state index >= 15 is 0 Å². The van der Waals surface area contributed by atoms with Gasteiger partial charge in [-0.2, -0.15) is 0 Å². The summed E-state index contributed by atoms with van der Waals surface area (Å²) in [6, 6.07) is 10.7. The van der Waals surface area contributed by atoms with Crippen LogP contribution in [-0.2, 0) is 6.54 Å². The monoisotopic (exact) mass is 406 g/mol. The Morgan fingerprint density at radius 2 is 1.93 bits per heavy atom. The number of likely N-dealkylation sites (tertiary alicyclic amines) is 1. The predicted molar refractivity (Wildman–Crippen MR) is 118 cm³/mol. The van der Waals surface area contributed by atoms with Crippen molar-refractivity contribution in [1.29, 1.82) is 0 Å². The number of ether oxygens (including phenoxy) is 1. The highest BCUT2D eigenvalue weighted by Crippen LogP contribution is 2.36. The fourth-order valence-corrected chi connectivity index (χ4v) is 4.77. The van der Waals surface area contributed by atoms with E-state index in [1.165, 1.54) is 12.2 Å². The summed E-state index contributed by atoms with van der Waals surface area (Å²) in [6.45, 7) is 6.18. The topological polar surface area (TPSA) is 49.1 Å². The Bertz CT molecular complexity index is 1010. The van der Waals surface area contributed by atoms with Gasteiger partial charge < -0.3 is 14.5 Å². The van der Waals surface area contributed by atoms with E-state index in [-0.39, 0.29) is 6.04 Å². The van der Waals surface area contributed by atoms with Crippen molar-refractivity contribution in [2.24, 2.45) is 0 Å². The number of pyridine rings is 2. The molecule has 0 radical (unpaired) electrons. The van der Waals surface area contributed by atoms with E-state index in [4.69, 9.17) is 9.72 Å². The SMILES string of the molecule is COc1cccnc1C1CCCN1Cc1cn2c(N3CCN(C)CC3)cccc2n1. The molecule has 0 aliphatic carbocycles. The average Bonchev–Trinajstić information content (AvgIpc) is 3.40. The van der Waals surface area contributed by atoms with Crippen LogP contribution in [0.4, 0.5) is 5.82 Å². The molecule has 3 aromatic heterocycles. The van der Waals surface area contributed by atoms with Crippen LogP contribution in [0.3, 0.4) is 0 Å². The molecular formula is C23H30N6O. The van der Waals surface area contributed by atoms with Crippen molar-refractivity contribution in [3.63, 3.8) is 0 Å². The van der Waals surface area contributed by atoms with Crippen LogP contribution in [0.25, 0.3) is 5.65 Å². The van der Waals surface area contributed by atoms with Crippen LogP contribution in [0.5, 0.6) is 5.75 Å². The lowest BCUT2D eigenvalue weighted by Crippen LogP contribution is -2.45. The number of aromatic nitrogens is 3. The lowest BCUT2D eigenvalue weighted by atomic mass is 10.1. The summed E-state index contributed by atoms with van der Waals surface area (Å²) >= 11 is 0. The summed E-state index contributed by atoms with van der Waals surface area (Å²) in [4.78, 5) is 16.9. The van der Waals surface area contributed by atoms with Gasteiger partial charge in [-0.1, -0.05) is 6.07 Å². The molecule has 7 heteroatoms. The number of anilines is 1. The van der Waals surface area contributed by atoms with Crippen molar-refractivity contribution < 1.29 is 4.74 Å². The lowest BCUT2D eigenvalue weighted by Gasteiger charge is -2.34. The molecule has 2 saturated heterocycles. The maximum Gasteiger partial charge on any atom is 0.141 e. The summed E-state index contributed by atoms with van der Waals surface area (Å²) in [5.74, 6) is 2.12. The minimum absolute atomic E-state index is 0.281. The Hall–Kier alpha value is -2.64. The summed E-state index contributed by atoms with van der Waals surface area (Å²) < 4.78 is 7.83. The zero-order valence-corrected chi connectivity index (χ0v) is 17.9. The highest BCUT2D eigenvalue weighted by atomic mass is 16.5. The van der Waals surface area contributed by atoms with Crippen molar-refractivity contribution in [3.8, 4) is 5.75 Å². The van der Waals surface area contributed by atoms with Gasteiger partial charge in [-0.15, -0.1) is 0 Å². The molecule has 2 fully saturated rings. The molecule has 0 bridgehead atoms. The van der Waals surface area contributed by atoms with Gasteiger partial charge >= 0.3 is 0 Å². The standard InChI is InChI=1S/C23H30N6O/c1-26-12-14-27(15-13-26)22-9-3-8-21-25-18(17-29(21)22)16-28-11-5-6-19(28)23-20(30-2)7-4-10-24-23/h3-4,7-10,17,19H,5-6,11-16H2,1-2H3. The second-order valence-corrected chi connectivity index (χ2v) is 8.35. The normalized spacial score (nSPS) is 20.9. The number of methoxy groups -OCH3 is 1. The molecule has 2 aliphatic heterocycles. The first-order chi connectivity index (χ1) is 14.7. The third-order valence-corrected chi connectivity index (χ3v) is 6.41. The largest absolute Gasteiger partial charge is 0.495 e. The Morgan fingerprint density at radius 3 is 2.77 bits per heavy atom. The molecule has 0 saturated carbocycles.